The number of fused-ring (bicyclic) bond motifs is 1. The number of rotatable bonds is 9. The summed E-state index contributed by atoms with van der Waals surface area (Å²) < 4.78 is 26.3. The number of halogens is 2. The quantitative estimate of drug-likeness (QED) is 0.206. The molecule has 0 fully saturated rings. The number of hydrogen-bond acceptors (Lipinski definition) is 4. The van der Waals surface area contributed by atoms with Gasteiger partial charge >= 0.3 is 0 Å². The van der Waals surface area contributed by atoms with Gasteiger partial charge in [0.15, 0.2) is 11.5 Å². The van der Waals surface area contributed by atoms with E-state index in [1.165, 1.54) is 6.07 Å². The summed E-state index contributed by atoms with van der Waals surface area (Å²) in [6, 6.07) is 17.7. The molecule has 0 unspecified atom stereocenters. The number of nitrogens with zero attached hydrogens (tertiary/aromatic N) is 1. The van der Waals surface area contributed by atoms with Crippen molar-refractivity contribution in [2.45, 2.75) is 19.4 Å². The molecule has 0 amide bonds. The summed E-state index contributed by atoms with van der Waals surface area (Å²) in [5.74, 6) is -0.00473. The Kier molecular flexibility index (Phi) is 6.93. The van der Waals surface area contributed by atoms with Crippen LogP contribution in [0.25, 0.3) is 10.9 Å². The van der Waals surface area contributed by atoms with Crippen molar-refractivity contribution in [1.29, 1.82) is 0 Å². The van der Waals surface area contributed by atoms with Crippen LogP contribution in [0, 0.1) is 15.9 Å². The standard InChI is InChI=1S/C25H22BrFN2O4/c1-2-32-24-12-17(11-21(26)25(24)33-15-16-7-3-5-9-22(16)27)20(14-29(30)31)19-13-28-23-10-6-4-8-18(19)23/h3-13,20,28H,2,14-15H2,1H3/t20-/m1/s1. The van der Waals surface area contributed by atoms with E-state index in [0.717, 1.165) is 16.5 Å². The maximum Gasteiger partial charge on any atom is 0.214 e. The number of para-hydroxylation sites is 1. The molecule has 4 aromatic rings. The molecule has 1 atom stereocenters. The van der Waals surface area contributed by atoms with E-state index in [1.807, 2.05) is 37.4 Å². The lowest BCUT2D eigenvalue weighted by Crippen LogP contribution is -2.14. The number of nitro groups is 1. The monoisotopic (exact) mass is 512 g/mol. The summed E-state index contributed by atoms with van der Waals surface area (Å²) in [7, 11) is 0. The molecule has 4 rings (SSSR count). The van der Waals surface area contributed by atoms with Crippen LogP contribution in [0.5, 0.6) is 11.5 Å². The normalized spacial score (nSPS) is 12.0. The Balaban J connectivity index is 1.74. The lowest BCUT2D eigenvalue weighted by molar-refractivity contribution is -0.481. The number of aromatic nitrogens is 1. The molecule has 3 aromatic carbocycles. The maximum atomic E-state index is 14.0. The van der Waals surface area contributed by atoms with Crippen LogP contribution in [0.15, 0.2) is 71.3 Å². The Hall–Kier alpha value is -3.39. The zero-order valence-electron chi connectivity index (χ0n) is 17.9. The highest BCUT2D eigenvalue weighted by molar-refractivity contribution is 9.10. The third-order valence-corrected chi connectivity index (χ3v) is 5.98. The molecule has 1 heterocycles. The van der Waals surface area contributed by atoms with E-state index in [0.29, 0.717) is 33.7 Å². The van der Waals surface area contributed by atoms with Gasteiger partial charge < -0.3 is 14.5 Å². The van der Waals surface area contributed by atoms with Crippen LogP contribution in [-0.2, 0) is 6.61 Å². The van der Waals surface area contributed by atoms with Crippen molar-refractivity contribution in [1.82, 2.24) is 4.98 Å². The number of ether oxygens (including phenoxy) is 2. The molecule has 0 aliphatic rings. The third-order valence-electron chi connectivity index (χ3n) is 5.39. The summed E-state index contributed by atoms with van der Waals surface area (Å²) in [4.78, 5) is 14.4. The second-order valence-corrected chi connectivity index (χ2v) is 8.35. The van der Waals surface area contributed by atoms with E-state index in [4.69, 9.17) is 9.47 Å². The predicted octanol–water partition coefficient (Wildman–Crippen LogP) is 6.46. The van der Waals surface area contributed by atoms with Crippen molar-refractivity contribution < 1.29 is 18.8 Å². The van der Waals surface area contributed by atoms with Gasteiger partial charge in [0, 0.05) is 27.6 Å². The molecule has 0 saturated carbocycles. The van der Waals surface area contributed by atoms with Gasteiger partial charge in [-0.15, -0.1) is 0 Å². The number of hydrogen-bond donors (Lipinski definition) is 1. The highest BCUT2D eigenvalue weighted by atomic mass is 79.9. The zero-order chi connectivity index (χ0) is 23.4. The molecule has 6 nitrogen and oxygen atoms in total. The summed E-state index contributed by atoms with van der Waals surface area (Å²) >= 11 is 3.53. The predicted molar refractivity (Wildman–Crippen MR) is 128 cm³/mol. The largest absolute Gasteiger partial charge is 0.490 e. The van der Waals surface area contributed by atoms with Crippen LogP contribution in [0.4, 0.5) is 4.39 Å². The van der Waals surface area contributed by atoms with Crippen LogP contribution in [0.1, 0.15) is 29.5 Å². The second-order valence-electron chi connectivity index (χ2n) is 7.50. The fourth-order valence-corrected chi connectivity index (χ4v) is 4.45. The van der Waals surface area contributed by atoms with Gasteiger partial charge in [-0.1, -0.05) is 36.4 Å². The van der Waals surface area contributed by atoms with Gasteiger partial charge in [0.25, 0.3) is 0 Å². The SMILES string of the molecule is CCOc1cc([C@@H](C[N+](=O)[O-])c2c[nH]c3ccccc23)cc(Br)c1OCc1ccccc1F. The van der Waals surface area contributed by atoms with Crippen molar-refractivity contribution in [2.75, 3.05) is 13.2 Å². The van der Waals surface area contributed by atoms with Crippen LogP contribution < -0.4 is 9.47 Å². The zero-order valence-corrected chi connectivity index (χ0v) is 19.5. The average Bonchev–Trinajstić information content (AvgIpc) is 3.22. The topological polar surface area (TPSA) is 77.4 Å². The first kappa shape index (κ1) is 22.8. The van der Waals surface area contributed by atoms with Crippen LogP contribution in [0.3, 0.4) is 0 Å². The fraction of sp³-hybridized carbons (Fsp3) is 0.200. The Bertz CT molecular complexity index is 1290. The van der Waals surface area contributed by atoms with E-state index in [9.17, 15) is 14.5 Å². The smallest absolute Gasteiger partial charge is 0.214 e. The van der Waals surface area contributed by atoms with Crippen molar-refractivity contribution >= 4 is 26.8 Å². The minimum absolute atomic E-state index is 0.0193. The van der Waals surface area contributed by atoms with E-state index in [2.05, 4.69) is 20.9 Å². The van der Waals surface area contributed by atoms with Gasteiger partial charge in [-0.3, -0.25) is 10.1 Å². The first-order valence-corrected chi connectivity index (χ1v) is 11.3. The molecule has 0 spiro atoms. The number of nitrogens with one attached hydrogen (secondary N) is 1. The Morgan fingerprint density at radius 1 is 1.12 bits per heavy atom. The number of H-pyrrole nitrogens is 1. The van der Waals surface area contributed by atoms with Crippen LogP contribution in [0.2, 0.25) is 0 Å². The Labute approximate surface area is 198 Å². The molecule has 0 saturated heterocycles. The van der Waals surface area contributed by atoms with Gasteiger partial charge in [0.05, 0.1) is 17.0 Å². The minimum atomic E-state index is -0.507. The third kappa shape index (κ3) is 5.01. The van der Waals surface area contributed by atoms with Crippen molar-refractivity contribution in [3.05, 3.63) is 104 Å². The lowest BCUT2D eigenvalue weighted by atomic mass is 9.90. The van der Waals surface area contributed by atoms with Crippen molar-refractivity contribution in [2.24, 2.45) is 0 Å². The fourth-order valence-electron chi connectivity index (χ4n) is 3.87. The maximum absolute atomic E-state index is 14.0. The van der Waals surface area contributed by atoms with Crippen molar-refractivity contribution in [3.63, 3.8) is 0 Å². The second kappa shape index (κ2) is 10.0. The van der Waals surface area contributed by atoms with Gasteiger partial charge in [-0.25, -0.2) is 4.39 Å². The Morgan fingerprint density at radius 2 is 1.88 bits per heavy atom. The van der Waals surface area contributed by atoms with E-state index >= 15 is 0 Å². The van der Waals surface area contributed by atoms with Crippen LogP contribution in [-0.4, -0.2) is 23.1 Å². The van der Waals surface area contributed by atoms with E-state index in [1.54, 1.807) is 30.3 Å². The van der Waals surface area contributed by atoms with Gasteiger partial charge in [-0.05, 0) is 58.2 Å². The molecule has 33 heavy (non-hydrogen) atoms. The van der Waals surface area contributed by atoms with Crippen molar-refractivity contribution in [3.8, 4) is 11.5 Å². The first-order valence-electron chi connectivity index (χ1n) is 10.5. The van der Waals surface area contributed by atoms with E-state index < -0.39 is 5.92 Å². The molecule has 170 valence electrons. The van der Waals surface area contributed by atoms with Crippen LogP contribution >= 0.6 is 15.9 Å². The summed E-state index contributed by atoms with van der Waals surface area (Å²) in [5.41, 5.74) is 2.87. The average molecular weight is 513 g/mol. The summed E-state index contributed by atoms with van der Waals surface area (Å²) in [6.45, 7) is 1.95. The van der Waals surface area contributed by atoms with E-state index in [-0.39, 0.29) is 23.9 Å². The summed E-state index contributed by atoms with van der Waals surface area (Å²) in [6.07, 6.45) is 1.82. The molecule has 0 aliphatic carbocycles. The molecular formula is C25H22BrFN2O4. The molecule has 1 N–H and O–H groups in total. The number of benzene rings is 3. The lowest BCUT2D eigenvalue weighted by Gasteiger charge is -2.19. The van der Waals surface area contributed by atoms with Gasteiger partial charge in [-0.2, -0.15) is 0 Å². The Morgan fingerprint density at radius 3 is 2.64 bits per heavy atom. The summed E-state index contributed by atoms with van der Waals surface area (Å²) in [5, 5.41) is 12.5. The molecule has 0 aliphatic heterocycles. The molecule has 0 bridgehead atoms. The molecule has 1 aromatic heterocycles. The molecule has 0 radical (unpaired) electrons. The highest BCUT2D eigenvalue weighted by Gasteiger charge is 2.26. The van der Waals surface area contributed by atoms with Gasteiger partial charge in [0.1, 0.15) is 12.4 Å². The van der Waals surface area contributed by atoms with Gasteiger partial charge in [0.2, 0.25) is 6.54 Å². The molecule has 8 heteroatoms. The molecular weight excluding hydrogens is 491 g/mol. The first-order chi connectivity index (χ1) is 16.0. The highest BCUT2D eigenvalue weighted by Crippen LogP contribution is 2.41. The number of aromatic amines is 1. The minimum Gasteiger partial charge on any atom is -0.490 e.